The number of nitriles is 1. The molecule has 0 saturated heterocycles. The maximum Gasteiger partial charge on any atom is 0.416 e. The van der Waals surface area contributed by atoms with Crippen LogP contribution in [0.15, 0.2) is 54.4 Å². The third kappa shape index (κ3) is 4.22. The lowest BCUT2D eigenvalue weighted by Crippen LogP contribution is -2.30. The Morgan fingerprint density at radius 3 is 2.59 bits per heavy atom. The van der Waals surface area contributed by atoms with Crippen molar-refractivity contribution in [2.75, 3.05) is 7.11 Å². The van der Waals surface area contributed by atoms with Gasteiger partial charge in [-0.2, -0.15) is 18.4 Å². The SMILES string of the molecule is COC(CC1C(F)=Cc2ccccc21)C(=O)C(C#N)c1cccc(C(F)(F)F)c1. The van der Waals surface area contributed by atoms with Gasteiger partial charge in [-0.3, -0.25) is 4.79 Å². The molecule has 150 valence electrons. The molecule has 0 radical (unpaired) electrons. The molecule has 3 nitrogen and oxygen atoms in total. The van der Waals surface area contributed by atoms with Crippen molar-refractivity contribution < 1.29 is 27.1 Å². The summed E-state index contributed by atoms with van der Waals surface area (Å²) in [5.41, 5.74) is 0.382. The van der Waals surface area contributed by atoms with Crippen molar-refractivity contribution in [3.63, 3.8) is 0 Å². The first-order valence-corrected chi connectivity index (χ1v) is 8.85. The molecule has 0 heterocycles. The summed E-state index contributed by atoms with van der Waals surface area (Å²) in [7, 11) is 1.26. The first kappa shape index (κ1) is 20.7. The molecule has 3 atom stereocenters. The summed E-state index contributed by atoms with van der Waals surface area (Å²) in [6.07, 6.45) is -4.41. The van der Waals surface area contributed by atoms with Gasteiger partial charge in [-0.05, 0) is 35.3 Å². The number of methoxy groups -OCH3 is 1. The van der Waals surface area contributed by atoms with Crippen LogP contribution in [0.3, 0.4) is 0 Å². The third-order valence-electron chi connectivity index (χ3n) is 5.01. The number of ketones is 1. The zero-order chi connectivity index (χ0) is 21.2. The van der Waals surface area contributed by atoms with Gasteiger partial charge >= 0.3 is 6.18 Å². The third-order valence-corrected chi connectivity index (χ3v) is 5.01. The van der Waals surface area contributed by atoms with Gasteiger partial charge in [0.2, 0.25) is 0 Å². The number of allylic oxidation sites excluding steroid dienone is 1. The summed E-state index contributed by atoms with van der Waals surface area (Å²) in [5, 5.41) is 9.47. The maximum absolute atomic E-state index is 14.4. The first-order chi connectivity index (χ1) is 13.8. The van der Waals surface area contributed by atoms with E-state index < -0.39 is 41.3 Å². The number of rotatable bonds is 6. The minimum atomic E-state index is -4.60. The number of halogens is 4. The Bertz CT molecular complexity index is 991. The van der Waals surface area contributed by atoms with E-state index in [-0.39, 0.29) is 12.0 Å². The molecule has 2 aromatic rings. The quantitative estimate of drug-likeness (QED) is 0.608. The van der Waals surface area contributed by atoms with Gasteiger partial charge in [0.15, 0.2) is 5.78 Å². The molecular weight excluding hydrogens is 386 g/mol. The fraction of sp³-hybridized carbons (Fsp3) is 0.273. The van der Waals surface area contributed by atoms with Crippen LogP contribution in [0.2, 0.25) is 0 Å². The van der Waals surface area contributed by atoms with Crippen molar-refractivity contribution in [2.24, 2.45) is 0 Å². The Balaban J connectivity index is 1.85. The van der Waals surface area contributed by atoms with Gasteiger partial charge in [0.05, 0.1) is 11.6 Å². The van der Waals surface area contributed by atoms with Crippen molar-refractivity contribution in [1.82, 2.24) is 0 Å². The predicted molar refractivity (Wildman–Crippen MR) is 98.5 cm³/mol. The molecule has 0 saturated carbocycles. The minimum Gasteiger partial charge on any atom is -0.374 e. The lowest BCUT2D eigenvalue weighted by atomic mass is 9.86. The van der Waals surface area contributed by atoms with Crippen molar-refractivity contribution in [3.05, 3.63) is 76.6 Å². The number of nitrogens with zero attached hydrogens (tertiary/aromatic N) is 1. The number of alkyl halides is 3. The zero-order valence-electron chi connectivity index (χ0n) is 15.4. The Hall–Kier alpha value is -2.98. The van der Waals surface area contributed by atoms with Crippen molar-refractivity contribution in [3.8, 4) is 6.07 Å². The second-order valence-electron chi connectivity index (χ2n) is 6.76. The van der Waals surface area contributed by atoms with E-state index in [0.29, 0.717) is 11.1 Å². The van der Waals surface area contributed by atoms with E-state index in [2.05, 4.69) is 0 Å². The molecule has 0 aromatic heterocycles. The summed E-state index contributed by atoms with van der Waals surface area (Å²) < 4.78 is 58.6. The Morgan fingerprint density at radius 1 is 1.21 bits per heavy atom. The predicted octanol–water partition coefficient (Wildman–Crippen LogP) is 5.39. The molecule has 0 aliphatic heterocycles. The smallest absolute Gasteiger partial charge is 0.374 e. The van der Waals surface area contributed by atoms with E-state index in [9.17, 15) is 27.6 Å². The van der Waals surface area contributed by atoms with Crippen LogP contribution >= 0.6 is 0 Å². The lowest BCUT2D eigenvalue weighted by Gasteiger charge is -2.22. The van der Waals surface area contributed by atoms with Crippen molar-refractivity contribution >= 4 is 11.9 Å². The number of hydrogen-bond donors (Lipinski definition) is 0. The number of carbonyl (C=O) groups is 1. The van der Waals surface area contributed by atoms with E-state index in [0.717, 1.165) is 18.2 Å². The molecule has 2 aromatic carbocycles. The molecule has 7 heteroatoms. The number of benzene rings is 2. The van der Waals surface area contributed by atoms with Gasteiger partial charge in [-0.25, -0.2) is 4.39 Å². The van der Waals surface area contributed by atoms with E-state index in [1.807, 2.05) is 0 Å². The normalized spacial score (nSPS) is 17.8. The summed E-state index contributed by atoms with van der Waals surface area (Å²) in [6, 6.07) is 12.9. The van der Waals surface area contributed by atoms with Gasteiger partial charge in [0, 0.05) is 13.0 Å². The average molecular weight is 403 g/mol. The van der Waals surface area contributed by atoms with Crippen LogP contribution in [0.5, 0.6) is 0 Å². The van der Waals surface area contributed by atoms with Crippen molar-refractivity contribution in [1.29, 1.82) is 5.26 Å². The number of fused-ring (bicyclic) bond motifs is 1. The van der Waals surface area contributed by atoms with E-state index in [1.165, 1.54) is 19.3 Å². The molecule has 3 unspecified atom stereocenters. The number of hydrogen-bond acceptors (Lipinski definition) is 3. The summed E-state index contributed by atoms with van der Waals surface area (Å²) >= 11 is 0. The molecule has 0 spiro atoms. The standard InChI is InChI=1S/C22H17F4NO2/c1-29-20(11-17-16-8-3-2-5-14(16)10-19(17)23)21(28)18(12-27)13-6-4-7-15(9-13)22(24,25)26/h2-10,17-18,20H,11H2,1H3. The summed E-state index contributed by atoms with van der Waals surface area (Å²) in [6.45, 7) is 0. The number of ether oxygens (including phenoxy) is 1. The molecule has 29 heavy (non-hydrogen) atoms. The Labute approximate surface area is 165 Å². The van der Waals surface area contributed by atoms with Crippen LogP contribution < -0.4 is 0 Å². The van der Waals surface area contributed by atoms with Crippen LogP contribution in [-0.2, 0) is 15.7 Å². The molecule has 0 bridgehead atoms. The molecule has 3 rings (SSSR count). The van der Waals surface area contributed by atoms with Crippen LogP contribution in [0.25, 0.3) is 6.08 Å². The van der Waals surface area contributed by atoms with Gasteiger partial charge in [-0.1, -0.05) is 42.5 Å². The second kappa shape index (κ2) is 8.18. The highest BCUT2D eigenvalue weighted by Gasteiger charge is 2.36. The highest BCUT2D eigenvalue weighted by Crippen LogP contribution is 2.41. The molecule has 0 amide bonds. The molecular formula is C22H17F4NO2. The van der Waals surface area contributed by atoms with Gasteiger partial charge in [-0.15, -0.1) is 0 Å². The van der Waals surface area contributed by atoms with E-state index in [4.69, 9.17) is 4.74 Å². The maximum atomic E-state index is 14.4. The summed E-state index contributed by atoms with van der Waals surface area (Å²) in [5.74, 6) is -3.29. The van der Waals surface area contributed by atoms with Crippen LogP contribution in [0.4, 0.5) is 17.6 Å². The van der Waals surface area contributed by atoms with Crippen LogP contribution in [0.1, 0.15) is 40.5 Å². The average Bonchev–Trinajstić information content (AvgIpc) is 3.01. The highest BCUT2D eigenvalue weighted by molar-refractivity contribution is 5.92. The van der Waals surface area contributed by atoms with Gasteiger partial charge < -0.3 is 4.74 Å². The Kier molecular flexibility index (Phi) is 5.85. The van der Waals surface area contributed by atoms with E-state index >= 15 is 0 Å². The molecule has 0 fully saturated rings. The summed E-state index contributed by atoms with van der Waals surface area (Å²) in [4.78, 5) is 12.9. The zero-order valence-corrected chi connectivity index (χ0v) is 15.4. The first-order valence-electron chi connectivity index (χ1n) is 8.85. The van der Waals surface area contributed by atoms with Crippen LogP contribution in [-0.4, -0.2) is 19.0 Å². The topological polar surface area (TPSA) is 50.1 Å². The molecule has 0 N–H and O–H groups in total. The molecule has 1 aliphatic rings. The number of carbonyl (C=O) groups excluding carboxylic acids is 1. The monoisotopic (exact) mass is 403 g/mol. The highest BCUT2D eigenvalue weighted by atomic mass is 19.4. The minimum absolute atomic E-state index is 0.0498. The van der Waals surface area contributed by atoms with Gasteiger partial charge in [0.25, 0.3) is 0 Å². The van der Waals surface area contributed by atoms with Crippen molar-refractivity contribution in [2.45, 2.75) is 30.5 Å². The second-order valence-corrected chi connectivity index (χ2v) is 6.76. The number of Topliss-reactive ketones (excluding diaryl/α,β-unsaturated/α-hetero) is 1. The molecule has 1 aliphatic carbocycles. The fourth-order valence-corrected chi connectivity index (χ4v) is 3.52. The van der Waals surface area contributed by atoms with Crippen LogP contribution in [0, 0.1) is 11.3 Å². The van der Waals surface area contributed by atoms with E-state index in [1.54, 1.807) is 30.3 Å². The Morgan fingerprint density at radius 2 is 1.93 bits per heavy atom. The fourth-order valence-electron chi connectivity index (χ4n) is 3.52. The lowest BCUT2D eigenvalue weighted by molar-refractivity contribution is -0.138. The largest absolute Gasteiger partial charge is 0.416 e. The van der Waals surface area contributed by atoms with Gasteiger partial charge in [0.1, 0.15) is 17.8 Å².